The van der Waals surface area contributed by atoms with Gasteiger partial charge in [0.15, 0.2) is 0 Å². The highest BCUT2D eigenvalue weighted by molar-refractivity contribution is 6.00. The number of fused-ring (bicyclic) bond motifs is 3. The zero-order valence-corrected chi connectivity index (χ0v) is 20.6. The van der Waals surface area contributed by atoms with Crippen LogP contribution in [0.3, 0.4) is 0 Å². The van der Waals surface area contributed by atoms with Crippen molar-refractivity contribution in [3.05, 3.63) is 47.8 Å². The van der Waals surface area contributed by atoms with Crippen LogP contribution in [-0.2, 0) is 20.7 Å². The number of oxime groups is 1. The number of likely N-dealkylation sites (N-methyl/N-ethyl adjacent to an activating group) is 1. The molecule has 6 rings (SSSR count). The molecular weight excluding hydrogens is 478 g/mol. The molecular formula is C26H29N5O6. The van der Waals surface area contributed by atoms with E-state index in [1.165, 1.54) is 7.05 Å². The van der Waals surface area contributed by atoms with Crippen molar-refractivity contribution in [2.45, 2.75) is 31.1 Å². The number of carbonyl (C=O) groups is 2. The Labute approximate surface area is 214 Å². The number of pyridine rings is 1. The summed E-state index contributed by atoms with van der Waals surface area (Å²) in [5, 5.41) is 13.5. The van der Waals surface area contributed by atoms with Gasteiger partial charge in [-0.25, -0.2) is 9.59 Å². The molecule has 0 aliphatic carbocycles. The molecule has 194 valence electrons. The van der Waals surface area contributed by atoms with Crippen molar-refractivity contribution in [2.75, 3.05) is 51.3 Å². The molecule has 0 saturated carbocycles. The largest absolute Gasteiger partial charge is 0.465 e. The first-order valence-corrected chi connectivity index (χ1v) is 12.5. The molecule has 0 bridgehead atoms. The molecule has 0 spiro atoms. The van der Waals surface area contributed by atoms with Crippen LogP contribution in [0.15, 0.2) is 41.7 Å². The predicted molar refractivity (Wildman–Crippen MR) is 134 cm³/mol. The van der Waals surface area contributed by atoms with Crippen molar-refractivity contribution in [3.8, 4) is 11.1 Å². The zero-order valence-electron chi connectivity index (χ0n) is 20.6. The van der Waals surface area contributed by atoms with Gasteiger partial charge >= 0.3 is 12.2 Å². The number of hydrogen-bond donors (Lipinski definition) is 1. The van der Waals surface area contributed by atoms with Gasteiger partial charge in [-0.15, -0.1) is 0 Å². The fraction of sp³-hybridized carbons (Fsp3) is 0.462. The number of carbonyl (C=O) groups excluding carboxylic acids is 1. The Bertz CT molecular complexity index is 1230. The molecule has 1 N–H and O–H groups in total. The Morgan fingerprint density at radius 1 is 1.16 bits per heavy atom. The van der Waals surface area contributed by atoms with Crippen molar-refractivity contribution < 1.29 is 29.0 Å². The topological polar surface area (TPSA) is 117 Å². The minimum absolute atomic E-state index is 0.0338. The van der Waals surface area contributed by atoms with Gasteiger partial charge in [-0.1, -0.05) is 17.3 Å². The molecule has 2 aromatic rings. The maximum absolute atomic E-state index is 12.5. The normalized spacial score (nSPS) is 24.8. The van der Waals surface area contributed by atoms with Crippen LogP contribution in [0.1, 0.15) is 17.7 Å². The smallest absolute Gasteiger partial charge is 0.415 e. The first kappa shape index (κ1) is 23.7. The van der Waals surface area contributed by atoms with E-state index >= 15 is 0 Å². The second-order valence-corrected chi connectivity index (χ2v) is 9.88. The summed E-state index contributed by atoms with van der Waals surface area (Å²) in [5.41, 5.74) is 5.48. The maximum Gasteiger partial charge on any atom is 0.415 e. The average Bonchev–Trinajstić information content (AvgIpc) is 3.60. The number of amides is 2. The van der Waals surface area contributed by atoms with Crippen LogP contribution in [0.4, 0.5) is 15.3 Å². The standard InChI is InChI=1S/C26H29N5O6/c1-29(25(32)33)15-24-23-11-18-10-16(3-5-22(18)31(23)26(34)36-24)17-2-4-20(27-13-17)21-12-19(37-28-21)14-30-6-8-35-9-7-30/h2-5,10,13,19,23-24H,6-9,11-12,14-15H2,1H3,(H,32,33)/t19?,23-,24-/m0/s1. The highest BCUT2D eigenvalue weighted by Crippen LogP contribution is 2.40. The second-order valence-electron chi connectivity index (χ2n) is 9.88. The van der Waals surface area contributed by atoms with Gasteiger partial charge in [0.25, 0.3) is 0 Å². The maximum atomic E-state index is 12.5. The van der Waals surface area contributed by atoms with E-state index in [-0.39, 0.29) is 18.7 Å². The number of hydrogen-bond acceptors (Lipinski definition) is 8. The number of nitrogens with zero attached hydrogens (tertiary/aromatic N) is 5. The SMILES string of the molecule is CN(C[C@@H]1OC(=O)N2c3ccc(-c4ccc(C5=NOC(CN6CCOCC6)C5)nc4)cc3C[C@@H]12)C(=O)O. The minimum Gasteiger partial charge on any atom is -0.465 e. The summed E-state index contributed by atoms with van der Waals surface area (Å²) in [7, 11) is 1.48. The summed E-state index contributed by atoms with van der Waals surface area (Å²) in [4.78, 5) is 39.2. The third kappa shape index (κ3) is 4.60. The number of carboxylic acid groups (broad SMARTS) is 1. The summed E-state index contributed by atoms with van der Waals surface area (Å²) in [6.45, 7) is 4.33. The monoisotopic (exact) mass is 507 g/mol. The molecule has 4 aliphatic heterocycles. The lowest BCUT2D eigenvalue weighted by Gasteiger charge is -2.27. The third-order valence-electron chi connectivity index (χ3n) is 7.45. The van der Waals surface area contributed by atoms with Gasteiger partial charge in [0.1, 0.15) is 17.9 Å². The lowest BCUT2D eigenvalue weighted by molar-refractivity contribution is -0.0000407. The zero-order chi connectivity index (χ0) is 25.5. The molecule has 2 amide bonds. The van der Waals surface area contributed by atoms with Gasteiger partial charge < -0.3 is 24.3 Å². The van der Waals surface area contributed by atoms with Crippen molar-refractivity contribution in [1.82, 2.24) is 14.8 Å². The van der Waals surface area contributed by atoms with E-state index in [1.807, 2.05) is 30.5 Å². The Morgan fingerprint density at radius 2 is 1.97 bits per heavy atom. The molecule has 1 aromatic heterocycles. The van der Waals surface area contributed by atoms with Crippen LogP contribution in [-0.4, -0.2) is 102 Å². The van der Waals surface area contributed by atoms with Gasteiger partial charge in [0.2, 0.25) is 0 Å². The summed E-state index contributed by atoms with van der Waals surface area (Å²) >= 11 is 0. The molecule has 37 heavy (non-hydrogen) atoms. The molecule has 5 heterocycles. The number of rotatable bonds is 6. The number of aromatic nitrogens is 1. The molecule has 2 saturated heterocycles. The summed E-state index contributed by atoms with van der Waals surface area (Å²) < 4.78 is 10.9. The van der Waals surface area contributed by atoms with Gasteiger partial charge in [0, 0.05) is 44.9 Å². The molecule has 11 heteroatoms. The number of ether oxygens (including phenoxy) is 2. The van der Waals surface area contributed by atoms with E-state index < -0.39 is 18.3 Å². The first-order chi connectivity index (χ1) is 18.0. The number of morpholine rings is 1. The predicted octanol–water partition coefficient (Wildman–Crippen LogP) is 2.43. The minimum atomic E-state index is -1.05. The van der Waals surface area contributed by atoms with Crippen molar-refractivity contribution in [2.24, 2.45) is 5.16 Å². The Balaban J connectivity index is 1.12. The lowest BCUT2D eigenvalue weighted by atomic mass is 10.00. The third-order valence-corrected chi connectivity index (χ3v) is 7.45. The van der Waals surface area contributed by atoms with Gasteiger partial charge in [-0.3, -0.25) is 14.8 Å². The Morgan fingerprint density at radius 3 is 2.73 bits per heavy atom. The molecule has 0 radical (unpaired) electrons. The fourth-order valence-corrected chi connectivity index (χ4v) is 5.45. The first-order valence-electron chi connectivity index (χ1n) is 12.5. The van der Waals surface area contributed by atoms with E-state index in [2.05, 4.69) is 21.1 Å². The number of benzene rings is 1. The number of anilines is 1. The van der Waals surface area contributed by atoms with E-state index in [9.17, 15) is 14.7 Å². The molecule has 1 aromatic carbocycles. The van der Waals surface area contributed by atoms with Crippen molar-refractivity contribution in [1.29, 1.82) is 0 Å². The van der Waals surface area contributed by atoms with Crippen LogP contribution >= 0.6 is 0 Å². The van der Waals surface area contributed by atoms with Gasteiger partial charge in [-0.2, -0.15) is 0 Å². The average molecular weight is 508 g/mol. The highest BCUT2D eigenvalue weighted by Gasteiger charge is 2.48. The van der Waals surface area contributed by atoms with E-state index in [0.29, 0.717) is 6.42 Å². The quantitative estimate of drug-likeness (QED) is 0.634. The lowest BCUT2D eigenvalue weighted by Crippen LogP contribution is -2.41. The number of cyclic esters (lactones) is 1. The fourth-order valence-electron chi connectivity index (χ4n) is 5.45. The van der Waals surface area contributed by atoms with Gasteiger partial charge in [0.05, 0.1) is 37.2 Å². The van der Waals surface area contributed by atoms with E-state index in [1.54, 1.807) is 4.90 Å². The molecule has 11 nitrogen and oxygen atoms in total. The van der Waals surface area contributed by atoms with Crippen LogP contribution < -0.4 is 4.90 Å². The van der Waals surface area contributed by atoms with Crippen LogP contribution in [0.5, 0.6) is 0 Å². The van der Waals surface area contributed by atoms with Crippen LogP contribution in [0, 0.1) is 0 Å². The van der Waals surface area contributed by atoms with Crippen molar-refractivity contribution in [3.63, 3.8) is 0 Å². The Kier molecular flexibility index (Phi) is 6.17. The Hall–Kier alpha value is -3.70. The molecule has 3 atom stereocenters. The second kappa shape index (κ2) is 9.64. The van der Waals surface area contributed by atoms with Gasteiger partial charge in [-0.05, 0) is 35.7 Å². The summed E-state index contributed by atoms with van der Waals surface area (Å²) in [6.07, 6.45) is 1.22. The van der Waals surface area contributed by atoms with Crippen molar-refractivity contribution >= 4 is 23.6 Å². The summed E-state index contributed by atoms with van der Waals surface area (Å²) in [6, 6.07) is 9.74. The molecule has 1 unspecified atom stereocenters. The highest BCUT2D eigenvalue weighted by atomic mass is 16.6. The molecule has 2 fully saturated rings. The van der Waals surface area contributed by atoms with Crippen LogP contribution in [0.25, 0.3) is 11.1 Å². The van der Waals surface area contributed by atoms with E-state index in [4.69, 9.17) is 14.3 Å². The van der Waals surface area contributed by atoms with E-state index in [0.717, 1.165) is 78.0 Å². The summed E-state index contributed by atoms with van der Waals surface area (Å²) in [5.74, 6) is 0. The van der Waals surface area contributed by atoms with Crippen LogP contribution in [0.2, 0.25) is 0 Å². The molecule has 4 aliphatic rings.